The van der Waals surface area contributed by atoms with Crippen molar-refractivity contribution in [3.05, 3.63) is 68.4 Å². The number of hydroxylamine groups is 1. The van der Waals surface area contributed by atoms with Gasteiger partial charge in [-0.1, -0.05) is 52.1 Å². The van der Waals surface area contributed by atoms with Crippen LogP contribution in [-0.4, -0.2) is 30.4 Å². The number of carbonyl (C=O) groups is 1. The highest BCUT2D eigenvalue weighted by atomic mass is 35.5. The molecule has 1 unspecified atom stereocenters. The van der Waals surface area contributed by atoms with Crippen molar-refractivity contribution in [2.24, 2.45) is 0 Å². The second-order valence-corrected chi connectivity index (χ2v) is 10.8. The summed E-state index contributed by atoms with van der Waals surface area (Å²) in [7, 11) is 0. The Kier molecular flexibility index (Phi) is 6.94. The van der Waals surface area contributed by atoms with Crippen molar-refractivity contribution in [2.75, 3.05) is 18.0 Å². The van der Waals surface area contributed by atoms with E-state index in [0.29, 0.717) is 38.9 Å². The van der Waals surface area contributed by atoms with Crippen LogP contribution in [0.2, 0.25) is 15.1 Å². The number of amides is 1. The lowest BCUT2D eigenvalue weighted by molar-refractivity contribution is 0.0246. The number of halogens is 3. The molecule has 0 bridgehead atoms. The molecule has 2 aromatic carbocycles. The van der Waals surface area contributed by atoms with Crippen LogP contribution in [0.4, 0.5) is 10.5 Å². The van der Waals surface area contributed by atoms with Crippen LogP contribution in [0, 0.1) is 0 Å². The lowest BCUT2D eigenvalue weighted by Gasteiger charge is -2.34. The molecule has 3 aliphatic rings. The minimum atomic E-state index is -0.523. The molecular weight excluding hydrogens is 539 g/mol. The van der Waals surface area contributed by atoms with E-state index < -0.39 is 12.3 Å². The van der Waals surface area contributed by atoms with Crippen molar-refractivity contribution < 1.29 is 18.9 Å². The van der Waals surface area contributed by atoms with E-state index in [2.05, 4.69) is 20.9 Å². The standard InChI is InChI=1S/C26H25Cl3N4O4/c27-19-2-1-3-20(28)22(19)23-18(24(36-31-23)14-4-5-14)13-35-16-8-10-33(11-9-16)15-6-7-17(21(29)12-15)25-30-26(34)37-32-25/h1-3,6-7,12,14,16,25,32H,4-5,8-11,13H2,(H,30,34). The smallest absolute Gasteiger partial charge is 0.373 e. The molecule has 3 heterocycles. The zero-order valence-corrected chi connectivity index (χ0v) is 22.1. The average molecular weight is 564 g/mol. The van der Waals surface area contributed by atoms with Crippen molar-refractivity contribution in [1.29, 1.82) is 0 Å². The van der Waals surface area contributed by atoms with Gasteiger partial charge < -0.3 is 19.0 Å². The number of hydrogen-bond donors (Lipinski definition) is 2. The number of nitrogens with zero attached hydrogens (tertiary/aromatic N) is 2. The molecule has 1 atom stereocenters. The Labute approximate surface area is 229 Å². The number of ether oxygens (including phenoxy) is 1. The highest BCUT2D eigenvalue weighted by molar-refractivity contribution is 6.39. The summed E-state index contributed by atoms with van der Waals surface area (Å²) in [5.74, 6) is 1.27. The molecular formula is C26H25Cl3N4O4. The SMILES string of the molecule is O=C1NC(c2ccc(N3CCC(OCc4c(-c5c(Cl)cccc5Cl)noc4C4CC4)CC3)cc2Cl)NO1. The van der Waals surface area contributed by atoms with Gasteiger partial charge in [-0.3, -0.25) is 5.32 Å². The molecule has 6 rings (SSSR count). The minimum absolute atomic E-state index is 0.109. The fourth-order valence-corrected chi connectivity index (χ4v) is 5.77. The van der Waals surface area contributed by atoms with Crippen LogP contribution in [-0.2, 0) is 16.2 Å². The maximum atomic E-state index is 11.3. The van der Waals surface area contributed by atoms with Crippen LogP contribution >= 0.6 is 34.8 Å². The predicted octanol–water partition coefficient (Wildman–Crippen LogP) is 6.61. The molecule has 1 aliphatic carbocycles. The summed E-state index contributed by atoms with van der Waals surface area (Å²) < 4.78 is 12.2. The van der Waals surface area contributed by atoms with Crippen molar-refractivity contribution >= 4 is 46.6 Å². The number of aromatic nitrogens is 1. The van der Waals surface area contributed by atoms with Crippen LogP contribution < -0.4 is 15.7 Å². The van der Waals surface area contributed by atoms with E-state index in [-0.39, 0.29) is 6.10 Å². The molecule has 1 aromatic heterocycles. The molecule has 11 heteroatoms. The highest BCUT2D eigenvalue weighted by Crippen LogP contribution is 2.46. The quantitative estimate of drug-likeness (QED) is 0.334. The van der Waals surface area contributed by atoms with Crippen LogP contribution in [0.3, 0.4) is 0 Å². The maximum absolute atomic E-state index is 11.3. The average Bonchev–Trinajstić information content (AvgIpc) is 3.52. The van der Waals surface area contributed by atoms with Crippen molar-refractivity contribution in [1.82, 2.24) is 16.0 Å². The maximum Gasteiger partial charge on any atom is 0.427 e. The largest absolute Gasteiger partial charge is 0.427 e. The summed E-state index contributed by atoms with van der Waals surface area (Å²) in [5, 5.41) is 8.66. The molecule has 1 amide bonds. The first-order chi connectivity index (χ1) is 18.0. The van der Waals surface area contributed by atoms with E-state index in [0.717, 1.165) is 61.3 Å². The molecule has 1 saturated carbocycles. The molecule has 37 heavy (non-hydrogen) atoms. The molecule has 2 saturated heterocycles. The predicted molar refractivity (Wildman–Crippen MR) is 141 cm³/mol. The van der Waals surface area contributed by atoms with Gasteiger partial charge in [0.15, 0.2) is 0 Å². The van der Waals surface area contributed by atoms with Gasteiger partial charge in [0, 0.05) is 46.4 Å². The summed E-state index contributed by atoms with van der Waals surface area (Å²) in [6.07, 6.45) is 3.06. The van der Waals surface area contributed by atoms with Crippen molar-refractivity contribution in [3.63, 3.8) is 0 Å². The number of nitrogens with one attached hydrogen (secondary N) is 2. The number of anilines is 1. The van der Waals surface area contributed by atoms with Gasteiger partial charge >= 0.3 is 6.09 Å². The number of carbonyl (C=O) groups excluding carboxylic acids is 1. The Morgan fingerprint density at radius 1 is 1.03 bits per heavy atom. The third-order valence-corrected chi connectivity index (χ3v) is 8.02. The molecule has 194 valence electrons. The fraction of sp³-hybridized carbons (Fsp3) is 0.385. The summed E-state index contributed by atoms with van der Waals surface area (Å²) in [6, 6.07) is 11.3. The number of piperidine rings is 1. The van der Waals surface area contributed by atoms with Crippen LogP contribution in [0.5, 0.6) is 0 Å². The molecule has 0 radical (unpaired) electrons. The summed E-state index contributed by atoms with van der Waals surface area (Å²) in [4.78, 5) is 18.3. The van der Waals surface area contributed by atoms with Gasteiger partial charge in [0.2, 0.25) is 0 Å². The summed E-state index contributed by atoms with van der Waals surface area (Å²) in [5.41, 5.74) is 6.71. The second kappa shape index (κ2) is 10.3. The molecule has 2 aliphatic heterocycles. The number of hydrogen-bond acceptors (Lipinski definition) is 7. The Balaban J connectivity index is 1.11. The Morgan fingerprint density at radius 3 is 2.43 bits per heavy atom. The van der Waals surface area contributed by atoms with Gasteiger partial charge in [0.1, 0.15) is 17.6 Å². The molecule has 2 N–H and O–H groups in total. The molecule has 3 aromatic rings. The first kappa shape index (κ1) is 24.8. The summed E-state index contributed by atoms with van der Waals surface area (Å²) >= 11 is 19.5. The molecule has 8 nitrogen and oxygen atoms in total. The second-order valence-electron chi connectivity index (χ2n) is 9.53. The Hall–Kier alpha value is -2.49. The lowest BCUT2D eigenvalue weighted by Crippen LogP contribution is -2.37. The first-order valence-electron chi connectivity index (χ1n) is 12.3. The summed E-state index contributed by atoms with van der Waals surface area (Å²) in [6.45, 7) is 2.08. The van der Waals surface area contributed by atoms with Crippen molar-refractivity contribution in [3.8, 4) is 11.3 Å². The zero-order valence-electron chi connectivity index (χ0n) is 19.8. The van der Waals surface area contributed by atoms with Gasteiger partial charge in [0.05, 0.1) is 22.8 Å². The van der Waals surface area contributed by atoms with Gasteiger partial charge in [-0.2, -0.15) is 0 Å². The van der Waals surface area contributed by atoms with E-state index in [1.54, 1.807) is 0 Å². The normalized spacial score (nSPS) is 20.2. The molecule has 3 fully saturated rings. The highest BCUT2D eigenvalue weighted by Gasteiger charge is 2.34. The third kappa shape index (κ3) is 5.13. The van der Waals surface area contributed by atoms with Crippen LogP contribution in [0.1, 0.15) is 54.7 Å². The third-order valence-electron chi connectivity index (χ3n) is 7.06. The van der Waals surface area contributed by atoms with E-state index in [1.807, 2.05) is 36.4 Å². The number of rotatable bonds is 7. The van der Waals surface area contributed by atoms with Gasteiger partial charge in [-0.05, 0) is 49.9 Å². The van der Waals surface area contributed by atoms with Crippen LogP contribution in [0.15, 0.2) is 40.9 Å². The Morgan fingerprint density at radius 2 is 1.78 bits per heavy atom. The van der Waals surface area contributed by atoms with E-state index in [4.69, 9.17) is 48.9 Å². The monoisotopic (exact) mass is 562 g/mol. The van der Waals surface area contributed by atoms with Crippen LogP contribution in [0.25, 0.3) is 11.3 Å². The van der Waals surface area contributed by atoms with Gasteiger partial charge in [-0.15, -0.1) is 5.48 Å². The van der Waals surface area contributed by atoms with E-state index in [9.17, 15) is 4.79 Å². The van der Waals surface area contributed by atoms with Gasteiger partial charge in [0.25, 0.3) is 0 Å². The number of benzene rings is 2. The minimum Gasteiger partial charge on any atom is -0.373 e. The van der Waals surface area contributed by atoms with E-state index >= 15 is 0 Å². The zero-order chi connectivity index (χ0) is 25.5. The lowest BCUT2D eigenvalue weighted by atomic mass is 10.0. The topological polar surface area (TPSA) is 88.9 Å². The fourth-order valence-electron chi connectivity index (χ4n) is 4.91. The first-order valence-corrected chi connectivity index (χ1v) is 13.4. The van der Waals surface area contributed by atoms with Crippen molar-refractivity contribution in [2.45, 2.75) is 50.5 Å². The Bertz CT molecular complexity index is 1300. The molecule has 0 spiro atoms. The van der Waals surface area contributed by atoms with E-state index in [1.165, 1.54) is 0 Å². The van der Waals surface area contributed by atoms with Gasteiger partial charge in [-0.25, -0.2) is 4.79 Å².